The molecule has 1 saturated carbocycles. The minimum Gasteiger partial charge on any atom is -0.300 e. The van der Waals surface area contributed by atoms with E-state index in [1.54, 1.807) is 12.4 Å². The number of amides is 2. The van der Waals surface area contributed by atoms with Gasteiger partial charge in [-0.2, -0.15) is 0 Å². The average molecular weight is 535 g/mol. The first-order chi connectivity index (χ1) is 17.9. The van der Waals surface area contributed by atoms with Gasteiger partial charge in [0.15, 0.2) is 0 Å². The minimum atomic E-state index is -0.156. The lowest BCUT2D eigenvalue weighted by atomic mass is 9.74. The summed E-state index contributed by atoms with van der Waals surface area (Å²) >= 11 is 2.83. The lowest BCUT2D eigenvalue weighted by Gasteiger charge is -2.32. The van der Waals surface area contributed by atoms with E-state index in [0.717, 1.165) is 51.8 Å². The molecule has 0 aliphatic heterocycles. The fourth-order valence-corrected chi connectivity index (χ4v) is 5.81. The molecule has 2 N–H and O–H groups in total. The van der Waals surface area contributed by atoms with Crippen LogP contribution in [0.15, 0.2) is 36.7 Å². The number of rotatable bonds is 9. The highest BCUT2D eigenvalue weighted by Gasteiger charge is 2.34. The topological polar surface area (TPSA) is 136 Å². The van der Waals surface area contributed by atoms with Crippen LogP contribution in [-0.2, 0) is 28.9 Å². The number of aryl methyl sites for hydroxylation is 2. The summed E-state index contributed by atoms with van der Waals surface area (Å²) in [6, 6.07) is 7.58. The van der Waals surface area contributed by atoms with Crippen molar-refractivity contribution in [3.63, 3.8) is 0 Å². The van der Waals surface area contributed by atoms with Crippen molar-refractivity contribution in [3.8, 4) is 0 Å². The number of aromatic nitrogens is 6. The van der Waals surface area contributed by atoms with Crippen LogP contribution in [0.1, 0.15) is 51.3 Å². The number of carbonyl (C=O) groups excluding carboxylic acids is 2. The smallest absolute Gasteiger partial charge is 0.232 e. The van der Waals surface area contributed by atoms with Crippen molar-refractivity contribution in [1.82, 2.24) is 30.4 Å². The molecule has 10 nitrogen and oxygen atoms in total. The molecule has 1 aliphatic rings. The summed E-state index contributed by atoms with van der Waals surface area (Å²) in [7, 11) is 0. The van der Waals surface area contributed by atoms with E-state index in [9.17, 15) is 9.59 Å². The molecular formula is C25H26N8O2S2. The van der Waals surface area contributed by atoms with Crippen LogP contribution in [0.2, 0.25) is 0 Å². The molecule has 190 valence electrons. The van der Waals surface area contributed by atoms with E-state index in [4.69, 9.17) is 0 Å². The molecule has 37 heavy (non-hydrogen) atoms. The van der Waals surface area contributed by atoms with Gasteiger partial charge in [-0.3, -0.25) is 19.6 Å². The Labute approximate surface area is 222 Å². The second kappa shape index (κ2) is 11.2. The van der Waals surface area contributed by atoms with Gasteiger partial charge in [0.2, 0.25) is 22.1 Å². The molecule has 0 saturated heterocycles. The van der Waals surface area contributed by atoms with Crippen molar-refractivity contribution in [3.05, 3.63) is 69.2 Å². The van der Waals surface area contributed by atoms with Gasteiger partial charge in [0.25, 0.3) is 0 Å². The molecule has 4 aromatic heterocycles. The van der Waals surface area contributed by atoms with Crippen LogP contribution in [0, 0.1) is 19.8 Å². The van der Waals surface area contributed by atoms with Gasteiger partial charge in [-0.1, -0.05) is 34.8 Å². The van der Waals surface area contributed by atoms with Crippen molar-refractivity contribution < 1.29 is 9.59 Å². The van der Waals surface area contributed by atoms with Crippen molar-refractivity contribution in [2.24, 2.45) is 5.92 Å². The molecule has 5 rings (SSSR count). The molecule has 0 unspecified atom stereocenters. The Morgan fingerprint density at radius 2 is 1.38 bits per heavy atom. The van der Waals surface area contributed by atoms with Gasteiger partial charge in [0, 0.05) is 36.1 Å². The summed E-state index contributed by atoms with van der Waals surface area (Å²) < 4.78 is 0. The predicted octanol–water partition coefficient (Wildman–Crippen LogP) is 3.90. The monoisotopic (exact) mass is 534 g/mol. The highest BCUT2D eigenvalue weighted by Crippen LogP contribution is 2.44. The molecule has 4 aromatic rings. The first kappa shape index (κ1) is 25.0. The van der Waals surface area contributed by atoms with E-state index < -0.39 is 0 Å². The molecule has 1 aliphatic carbocycles. The number of nitrogens with one attached hydrogen (secondary N) is 2. The molecule has 0 spiro atoms. The number of anilines is 2. The van der Waals surface area contributed by atoms with Gasteiger partial charge in [-0.25, -0.2) is 0 Å². The number of pyridine rings is 2. The summed E-state index contributed by atoms with van der Waals surface area (Å²) in [6.45, 7) is 3.92. The molecule has 0 aromatic carbocycles. The summed E-state index contributed by atoms with van der Waals surface area (Å²) in [5.41, 5.74) is 3.55. The first-order valence-electron chi connectivity index (χ1n) is 12.0. The van der Waals surface area contributed by atoms with Gasteiger partial charge in [-0.05, 0) is 55.9 Å². The van der Waals surface area contributed by atoms with Crippen LogP contribution < -0.4 is 10.6 Å². The molecular weight excluding hydrogens is 508 g/mol. The third-order valence-electron chi connectivity index (χ3n) is 6.08. The summed E-state index contributed by atoms with van der Waals surface area (Å²) in [6.07, 6.45) is 6.69. The standard InChI is InChI=1S/C25H26N8O2S2/c1-14-3-5-18(26-12-14)10-20(34)28-24-32-30-22(36-24)9-16-7-17(8-16)23-31-33-25(37-23)29-21(35)11-19-6-4-15(2)13-27-19/h3-6,12-13,16-17H,7-11H2,1-2H3,(H,28,32,34)(H,29,33,35)/t16-,17-. The Kier molecular flexibility index (Phi) is 7.56. The van der Waals surface area contributed by atoms with E-state index in [1.165, 1.54) is 22.7 Å². The van der Waals surface area contributed by atoms with Gasteiger partial charge in [0.05, 0.1) is 12.8 Å². The highest BCUT2D eigenvalue weighted by molar-refractivity contribution is 7.15. The Hall–Kier alpha value is -3.64. The number of carbonyl (C=O) groups is 2. The molecule has 1 fully saturated rings. The van der Waals surface area contributed by atoms with Crippen LogP contribution in [0.5, 0.6) is 0 Å². The molecule has 4 heterocycles. The van der Waals surface area contributed by atoms with E-state index in [1.807, 2.05) is 38.1 Å². The normalized spacial score (nSPS) is 16.7. The van der Waals surface area contributed by atoms with Crippen LogP contribution in [0.3, 0.4) is 0 Å². The SMILES string of the molecule is Cc1ccc(CC(=O)Nc2nnc(C[C@H]3C[C@H](c4nnc(NC(=O)Cc5ccc(C)cn5)s4)C3)s2)nc1. The second-order valence-electron chi connectivity index (χ2n) is 9.29. The van der Waals surface area contributed by atoms with E-state index >= 15 is 0 Å². The first-order valence-corrected chi connectivity index (χ1v) is 13.6. The van der Waals surface area contributed by atoms with E-state index in [2.05, 4.69) is 41.0 Å². The fraction of sp³-hybridized carbons (Fsp3) is 0.360. The van der Waals surface area contributed by atoms with Gasteiger partial charge < -0.3 is 10.6 Å². The lowest BCUT2D eigenvalue weighted by molar-refractivity contribution is -0.116. The zero-order chi connectivity index (χ0) is 25.8. The lowest BCUT2D eigenvalue weighted by Crippen LogP contribution is -2.23. The van der Waals surface area contributed by atoms with Crippen LogP contribution in [-0.4, -0.2) is 42.2 Å². The van der Waals surface area contributed by atoms with Crippen molar-refractivity contribution in [2.75, 3.05) is 10.6 Å². The zero-order valence-corrected chi connectivity index (χ0v) is 22.1. The molecule has 2 amide bonds. The Bertz CT molecular complexity index is 1380. The number of hydrogen-bond acceptors (Lipinski definition) is 10. The van der Waals surface area contributed by atoms with Crippen molar-refractivity contribution >= 4 is 44.8 Å². The van der Waals surface area contributed by atoms with Crippen LogP contribution in [0.4, 0.5) is 10.3 Å². The Morgan fingerprint density at radius 1 is 0.811 bits per heavy atom. The molecule has 0 atom stereocenters. The van der Waals surface area contributed by atoms with Crippen LogP contribution >= 0.6 is 22.7 Å². The Morgan fingerprint density at radius 3 is 1.95 bits per heavy atom. The maximum Gasteiger partial charge on any atom is 0.232 e. The highest BCUT2D eigenvalue weighted by atomic mass is 32.1. The summed E-state index contributed by atoms with van der Waals surface area (Å²) in [4.78, 5) is 33.1. The number of nitrogens with zero attached hydrogens (tertiary/aromatic N) is 6. The van der Waals surface area contributed by atoms with Gasteiger partial charge in [-0.15, -0.1) is 20.4 Å². The van der Waals surface area contributed by atoms with E-state index in [-0.39, 0.29) is 24.7 Å². The molecule has 12 heteroatoms. The predicted molar refractivity (Wildman–Crippen MR) is 142 cm³/mol. The minimum absolute atomic E-state index is 0.153. The van der Waals surface area contributed by atoms with Gasteiger partial charge >= 0.3 is 0 Å². The average Bonchev–Trinajstić information content (AvgIpc) is 3.48. The second-order valence-corrected chi connectivity index (χ2v) is 11.4. The molecule has 0 radical (unpaired) electrons. The Balaban J connectivity index is 1.05. The quantitative estimate of drug-likeness (QED) is 0.330. The summed E-state index contributed by atoms with van der Waals surface area (Å²) in [5, 5.41) is 25.3. The zero-order valence-electron chi connectivity index (χ0n) is 20.5. The third-order valence-corrected chi connectivity index (χ3v) is 7.94. The molecule has 0 bridgehead atoms. The summed E-state index contributed by atoms with van der Waals surface area (Å²) in [5.74, 6) is 0.505. The van der Waals surface area contributed by atoms with Crippen molar-refractivity contribution in [2.45, 2.75) is 51.9 Å². The third kappa shape index (κ3) is 6.77. The largest absolute Gasteiger partial charge is 0.300 e. The maximum absolute atomic E-state index is 12.3. The maximum atomic E-state index is 12.3. The number of hydrogen-bond donors (Lipinski definition) is 2. The van der Waals surface area contributed by atoms with E-state index in [0.29, 0.717) is 22.1 Å². The fourth-order valence-electron chi connectivity index (χ4n) is 4.05. The van der Waals surface area contributed by atoms with Crippen LogP contribution in [0.25, 0.3) is 0 Å². The van der Waals surface area contributed by atoms with Gasteiger partial charge in [0.1, 0.15) is 10.0 Å². The van der Waals surface area contributed by atoms with Crippen molar-refractivity contribution in [1.29, 1.82) is 0 Å².